The van der Waals surface area contributed by atoms with Crippen LogP contribution in [0.2, 0.25) is 0 Å². The number of carbonyl (C=O) groups is 3. The largest absolute Gasteiger partial charge is 0.494 e. The Morgan fingerprint density at radius 2 is 1.80 bits per heavy atom. The van der Waals surface area contributed by atoms with Crippen LogP contribution in [0.1, 0.15) is 69.4 Å². The Morgan fingerprint density at radius 1 is 1.07 bits per heavy atom. The average Bonchev–Trinajstić information content (AvgIpc) is 3.29. The molecule has 2 saturated heterocycles. The highest BCUT2D eigenvalue weighted by atomic mass is 32.2. The molecular weight excluding hydrogens is 536 g/mol. The predicted molar refractivity (Wildman–Crippen MR) is 163 cm³/mol. The van der Waals surface area contributed by atoms with Crippen molar-refractivity contribution in [1.29, 1.82) is 0 Å². The van der Waals surface area contributed by atoms with Gasteiger partial charge in [0.2, 0.25) is 11.8 Å². The van der Waals surface area contributed by atoms with Crippen molar-refractivity contribution >= 4 is 35.3 Å². The molecule has 0 radical (unpaired) electrons. The van der Waals surface area contributed by atoms with E-state index in [1.54, 1.807) is 11.8 Å². The Bertz CT molecular complexity index is 1230. The van der Waals surface area contributed by atoms with Crippen LogP contribution in [0.3, 0.4) is 0 Å². The Balaban J connectivity index is 1.19. The number of rotatable bonds is 10. The quantitative estimate of drug-likeness (QED) is 0.380. The van der Waals surface area contributed by atoms with E-state index < -0.39 is 5.25 Å². The van der Waals surface area contributed by atoms with Gasteiger partial charge in [0.15, 0.2) is 0 Å². The van der Waals surface area contributed by atoms with E-state index in [0.717, 1.165) is 48.2 Å². The van der Waals surface area contributed by atoms with E-state index in [1.165, 1.54) is 0 Å². The number of piperidine rings is 1. The Kier molecular flexibility index (Phi) is 9.42. The average molecular weight is 579 g/mol. The van der Waals surface area contributed by atoms with E-state index in [2.05, 4.69) is 26.1 Å². The maximum atomic E-state index is 13.6. The minimum Gasteiger partial charge on any atom is -0.494 e. The van der Waals surface area contributed by atoms with Gasteiger partial charge in [0.1, 0.15) is 11.1 Å². The molecule has 5 rings (SSSR count). The topological polar surface area (TPSA) is 82.2 Å². The van der Waals surface area contributed by atoms with Crippen LogP contribution in [0.25, 0.3) is 0 Å². The zero-order valence-electron chi connectivity index (χ0n) is 24.4. The molecule has 2 unspecified atom stereocenters. The number of ether oxygens (including phenoxy) is 1. The molecule has 9 heteroatoms. The first-order valence-corrected chi connectivity index (χ1v) is 15.9. The number of hydrogen-bond acceptors (Lipinski definition) is 5. The van der Waals surface area contributed by atoms with Gasteiger partial charge in [-0.05, 0) is 60.9 Å². The second-order valence-corrected chi connectivity index (χ2v) is 12.9. The molecule has 41 heavy (non-hydrogen) atoms. The summed E-state index contributed by atoms with van der Waals surface area (Å²) >= 11 is 1.59. The Morgan fingerprint density at radius 3 is 2.51 bits per heavy atom. The van der Waals surface area contributed by atoms with Gasteiger partial charge in [-0.1, -0.05) is 51.1 Å². The van der Waals surface area contributed by atoms with E-state index in [-0.39, 0.29) is 35.7 Å². The fourth-order valence-corrected chi connectivity index (χ4v) is 7.26. The van der Waals surface area contributed by atoms with Gasteiger partial charge in [-0.15, -0.1) is 11.8 Å². The van der Waals surface area contributed by atoms with Crippen molar-refractivity contribution in [3.8, 4) is 5.75 Å². The molecule has 220 valence electrons. The van der Waals surface area contributed by atoms with Crippen LogP contribution in [0.5, 0.6) is 5.75 Å². The number of amides is 4. The van der Waals surface area contributed by atoms with Gasteiger partial charge in [-0.2, -0.15) is 0 Å². The highest BCUT2D eigenvalue weighted by molar-refractivity contribution is 8.01. The number of fused-ring (bicyclic) bond motifs is 1. The summed E-state index contributed by atoms with van der Waals surface area (Å²) in [6.45, 7) is 9.56. The summed E-state index contributed by atoms with van der Waals surface area (Å²) in [5.74, 6) is 1.39. The van der Waals surface area contributed by atoms with Crippen molar-refractivity contribution < 1.29 is 19.1 Å². The fraction of sp³-hybridized carbons (Fsp3) is 0.531. The molecule has 2 atom stereocenters. The van der Waals surface area contributed by atoms with E-state index >= 15 is 0 Å². The molecule has 2 fully saturated rings. The van der Waals surface area contributed by atoms with Crippen LogP contribution in [0.4, 0.5) is 10.5 Å². The normalized spacial score (nSPS) is 21.3. The van der Waals surface area contributed by atoms with E-state index in [4.69, 9.17) is 4.74 Å². The molecular formula is C32H42N4O4S. The van der Waals surface area contributed by atoms with Gasteiger partial charge in [0.25, 0.3) is 0 Å². The number of thioether (sulfide) groups is 1. The lowest BCUT2D eigenvalue weighted by Crippen LogP contribution is -2.51. The minimum absolute atomic E-state index is 0.0236. The number of anilines is 1. The van der Waals surface area contributed by atoms with Crippen LogP contribution in [-0.2, 0) is 16.1 Å². The first-order valence-electron chi connectivity index (χ1n) is 15.0. The zero-order chi connectivity index (χ0) is 28.9. The lowest BCUT2D eigenvalue weighted by atomic mass is 10.0. The summed E-state index contributed by atoms with van der Waals surface area (Å²) in [6, 6.07) is 15.9. The van der Waals surface area contributed by atoms with Gasteiger partial charge >= 0.3 is 6.03 Å². The molecule has 3 aliphatic heterocycles. The van der Waals surface area contributed by atoms with Crippen LogP contribution in [0.15, 0.2) is 48.5 Å². The highest BCUT2D eigenvalue weighted by Crippen LogP contribution is 2.45. The highest BCUT2D eigenvalue weighted by Gasteiger charge is 2.42. The number of hydrogen-bond donors (Lipinski definition) is 1. The van der Waals surface area contributed by atoms with E-state index in [1.807, 2.05) is 63.2 Å². The number of likely N-dealkylation sites (tertiary alicyclic amines) is 1. The summed E-state index contributed by atoms with van der Waals surface area (Å²) in [5.41, 5.74) is 3.05. The third-order valence-electron chi connectivity index (χ3n) is 8.20. The Labute approximate surface area is 247 Å². The summed E-state index contributed by atoms with van der Waals surface area (Å²) in [7, 11) is 0. The zero-order valence-corrected chi connectivity index (χ0v) is 25.2. The first kappa shape index (κ1) is 29.3. The lowest BCUT2D eigenvalue weighted by molar-refractivity contribution is -0.137. The van der Waals surface area contributed by atoms with Crippen molar-refractivity contribution in [2.45, 2.75) is 76.1 Å². The van der Waals surface area contributed by atoms with Crippen molar-refractivity contribution in [2.24, 2.45) is 5.92 Å². The molecule has 2 aromatic rings. The second-order valence-electron chi connectivity index (χ2n) is 11.6. The van der Waals surface area contributed by atoms with Crippen molar-refractivity contribution in [3.05, 3.63) is 59.7 Å². The number of benzene rings is 2. The number of nitrogens with zero attached hydrogens (tertiary/aromatic N) is 3. The van der Waals surface area contributed by atoms with Crippen molar-refractivity contribution in [2.75, 3.05) is 31.6 Å². The first-order chi connectivity index (χ1) is 19.8. The number of carbonyl (C=O) groups excluding carboxylic acids is 3. The molecule has 2 aromatic carbocycles. The smallest absolute Gasteiger partial charge is 0.322 e. The molecule has 4 amide bonds. The van der Waals surface area contributed by atoms with E-state index in [0.29, 0.717) is 38.7 Å². The van der Waals surface area contributed by atoms with Gasteiger partial charge in [-0.25, -0.2) is 4.79 Å². The summed E-state index contributed by atoms with van der Waals surface area (Å²) in [6.07, 6.45) is 3.56. The standard InChI is InChI=1S/C32H42N4O4S/c1-4-19-40-26-11-9-23(10-12-26)31-35(18-13-22(2)3)30(38)28(41-31)20-29(37)34-16-14-25(15-17-34)36-21-24-7-5-6-8-27(24)33-32(36)39/h5-12,22,25,28,31H,4,13-21H2,1-3H3,(H,33,39). The summed E-state index contributed by atoms with van der Waals surface area (Å²) < 4.78 is 5.75. The van der Waals surface area contributed by atoms with Crippen LogP contribution < -0.4 is 10.1 Å². The molecule has 0 saturated carbocycles. The summed E-state index contributed by atoms with van der Waals surface area (Å²) in [5, 5.41) is 2.50. The van der Waals surface area contributed by atoms with Gasteiger partial charge < -0.3 is 24.8 Å². The molecule has 0 aromatic heterocycles. The number of nitrogens with one attached hydrogen (secondary N) is 1. The van der Waals surface area contributed by atoms with Crippen molar-refractivity contribution in [1.82, 2.24) is 14.7 Å². The SMILES string of the molecule is CCCOc1ccc(C2SC(CC(=O)N3CCC(N4Cc5ccccc5NC4=O)CC3)C(=O)N2CCC(C)C)cc1. The molecule has 0 bridgehead atoms. The maximum Gasteiger partial charge on any atom is 0.322 e. The second kappa shape index (κ2) is 13.2. The molecule has 1 N–H and O–H groups in total. The molecule has 3 heterocycles. The fourth-order valence-electron chi connectivity index (χ4n) is 5.79. The predicted octanol–water partition coefficient (Wildman–Crippen LogP) is 5.89. The maximum absolute atomic E-state index is 13.6. The molecule has 3 aliphatic rings. The monoisotopic (exact) mass is 578 g/mol. The van der Waals surface area contributed by atoms with Gasteiger partial charge in [0.05, 0.1) is 11.9 Å². The van der Waals surface area contributed by atoms with Crippen molar-refractivity contribution in [3.63, 3.8) is 0 Å². The summed E-state index contributed by atoms with van der Waals surface area (Å²) in [4.78, 5) is 45.5. The third kappa shape index (κ3) is 6.83. The number of para-hydroxylation sites is 1. The third-order valence-corrected chi connectivity index (χ3v) is 9.68. The van der Waals surface area contributed by atoms with Crippen LogP contribution in [-0.4, -0.2) is 70.1 Å². The molecule has 0 aliphatic carbocycles. The lowest BCUT2D eigenvalue weighted by Gasteiger charge is -2.40. The van der Waals surface area contributed by atoms with Gasteiger partial charge in [0, 0.05) is 44.3 Å². The number of urea groups is 1. The van der Waals surface area contributed by atoms with Gasteiger partial charge in [-0.3, -0.25) is 9.59 Å². The van der Waals surface area contributed by atoms with Crippen LogP contribution in [0, 0.1) is 5.92 Å². The minimum atomic E-state index is -0.391. The Hall–Kier alpha value is -3.20. The van der Waals surface area contributed by atoms with E-state index in [9.17, 15) is 14.4 Å². The molecule has 8 nitrogen and oxygen atoms in total. The molecule has 0 spiro atoms. The van der Waals surface area contributed by atoms with Crippen LogP contribution >= 0.6 is 11.8 Å².